The molecule has 80 valence electrons. The van der Waals surface area contributed by atoms with Gasteiger partial charge in [-0.15, -0.1) is 6.58 Å². The predicted octanol–water partition coefficient (Wildman–Crippen LogP) is 2.92. The lowest BCUT2D eigenvalue weighted by atomic mass is 10.1. The molecule has 16 heavy (non-hydrogen) atoms. The Balaban J connectivity index is 2.56. The average molecular weight is 232 g/mol. The Kier molecular flexibility index (Phi) is 3.27. The number of halogens is 1. The van der Waals surface area contributed by atoms with Gasteiger partial charge in [-0.3, -0.25) is 4.98 Å². The van der Waals surface area contributed by atoms with Gasteiger partial charge in [0.2, 0.25) is 0 Å². The van der Waals surface area contributed by atoms with Crippen molar-refractivity contribution in [1.29, 1.82) is 0 Å². The molecule has 2 rings (SSSR count). The van der Waals surface area contributed by atoms with Crippen molar-refractivity contribution in [3.63, 3.8) is 0 Å². The second-order valence-electron chi connectivity index (χ2n) is 3.20. The number of aromatic nitrogens is 3. The van der Waals surface area contributed by atoms with Gasteiger partial charge in [-0.05, 0) is 18.6 Å². The molecule has 0 radical (unpaired) electrons. The number of allylic oxidation sites excluding steroid dienone is 1. The molecule has 2 heterocycles. The summed E-state index contributed by atoms with van der Waals surface area (Å²) in [5.41, 5.74) is 2.42. The molecule has 0 spiro atoms. The zero-order valence-corrected chi connectivity index (χ0v) is 9.35. The monoisotopic (exact) mass is 231 g/mol. The Morgan fingerprint density at radius 1 is 1.25 bits per heavy atom. The normalized spacial score (nSPS) is 10.1. The molecular weight excluding hydrogens is 222 g/mol. The molecule has 3 nitrogen and oxygen atoms in total. The van der Waals surface area contributed by atoms with E-state index in [-0.39, 0.29) is 0 Å². The molecule has 2 aromatic heterocycles. The van der Waals surface area contributed by atoms with Gasteiger partial charge in [-0.25, -0.2) is 9.97 Å². The zero-order chi connectivity index (χ0) is 11.4. The van der Waals surface area contributed by atoms with E-state index in [0.29, 0.717) is 11.6 Å². The number of hydrogen-bond acceptors (Lipinski definition) is 3. The summed E-state index contributed by atoms with van der Waals surface area (Å²) in [6.07, 6.45) is 5.57. The highest BCUT2D eigenvalue weighted by molar-refractivity contribution is 6.30. The van der Waals surface area contributed by atoms with Gasteiger partial charge in [-0.1, -0.05) is 23.7 Å². The van der Waals surface area contributed by atoms with Crippen molar-refractivity contribution >= 4 is 11.6 Å². The van der Waals surface area contributed by atoms with E-state index in [1.54, 1.807) is 12.3 Å². The topological polar surface area (TPSA) is 38.7 Å². The first kappa shape index (κ1) is 10.8. The molecule has 0 bridgehead atoms. The van der Waals surface area contributed by atoms with Crippen LogP contribution in [0.2, 0.25) is 5.15 Å². The lowest BCUT2D eigenvalue weighted by Crippen LogP contribution is -1.97. The Labute approximate surface area is 98.9 Å². The number of nitrogens with zero attached hydrogens (tertiary/aromatic N) is 3. The standard InChI is InChI=1S/C12H10ClN3/c1-2-5-9-11(15-8-16-12(9)13)10-6-3-4-7-14-10/h2-4,6-8H,1,5H2. The van der Waals surface area contributed by atoms with E-state index in [2.05, 4.69) is 21.5 Å². The number of rotatable bonds is 3. The summed E-state index contributed by atoms with van der Waals surface area (Å²) >= 11 is 6.03. The van der Waals surface area contributed by atoms with Crippen molar-refractivity contribution < 1.29 is 0 Å². The molecule has 2 aromatic rings. The molecule has 0 aliphatic carbocycles. The molecule has 0 N–H and O–H groups in total. The van der Waals surface area contributed by atoms with Gasteiger partial charge < -0.3 is 0 Å². The third-order valence-electron chi connectivity index (χ3n) is 2.15. The molecule has 0 amide bonds. The first-order valence-corrected chi connectivity index (χ1v) is 5.22. The van der Waals surface area contributed by atoms with Gasteiger partial charge in [-0.2, -0.15) is 0 Å². The zero-order valence-electron chi connectivity index (χ0n) is 8.60. The van der Waals surface area contributed by atoms with Gasteiger partial charge >= 0.3 is 0 Å². The molecular formula is C12H10ClN3. The highest BCUT2D eigenvalue weighted by Gasteiger charge is 2.10. The van der Waals surface area contributed by atoms with E-state index in [9.17, 15) is 0 Å². The summed E-state index contributed by atoms with van der Waals surface area (Å²) in [6, 6.07) is 5.67. The quantitative estimate of drug-likeness (QED) is 0.602. The average Bonchev–Trinajstić information content (AvgIpc) is 2.33. The van der Waals surface area contributed by atoms with Crippen LogP contribution in [0.4, 0.5) is 0 Å². The summed E-state index contributed by atoms with van der Waals surface area (Å²) in [7, 11) is 0. The summed E-state index contributed by atoms with van der Waals surface area (Å²) in [6.45, 7) is 3.70. The molecule has 0 saturated heterocycles. The number of pyridine rings is 1. The Morgan fingerprint density at radius 2 is 2.12 bits per heavy atom. The fraction of sp³-hybridized carbons (Fsp3) is 0.0833. The Hall–Kier alpha value is -1.74. The molecule has 0 fully saturated rings. The van der Waals surface area contributed by atoms with Crippen LogP contribution in [-0.2, 0) is 6.42 Å². The molecule has 0 aliphatic rings. The fourth-order valence-electron chi connectivity index (χ4n) is 1.44. The molecule has 0 aliphatic heterocycles. The van der Waals surface area contributed by atoms with E-state index in [0.717, 1.165) is 17.0 Å². The van der Waals surface area contributed by atoms with Crippen LogP contribution in [0.15, 0.2) is 43.4 Å². The fourth-order valence-corrected chi connectivity index (χ4v) is 1.65. The van der Waals surface area contributed by atoms with Crippen LogP contribution in [0.1, 0.15) is 5.56 Å². The largest absolute Gasteiger partial charge is 0.255 e. The van der Waals surface area contributed by atoms with Crippen molar-refractivity contribution in [2.24, 2.45) is 0 Å². The van der Waals surface area contributed by atoms with Gasteiger partial charge in [0.1, 0.15) is 11.5 Å². The first-order valence-electron chi connectivity index (χ1n) is 4.84. The second-order valence-corrected chi connectivity index (χ2v) is 3.56. The van der Waals surface area contributed by atoms with E-state index in [1.807, 2.05) is 18.2 Å². The van der Waals surface area contributed by atoms with E-state index in [4.69, 9.17) is 11.6 Å². The minimum Gasteiger partial charge on any atom is -0.255 e. The lowest BCUT2D eigenvalue weighted by molar-refractivity contribution is 1.08. The Bertz CT molecular complexity index is 497. The predicted molar refractivity (Wildman–Crippen MR) is 64.2 cm³/mol. The minimum atomic E-state index is 0.454. The van der Waals surface area contributed by atoms with Gasteiger partial charge in [0.15, 0.2) is 0 Å². The Morgan fingerprint density at radius 3 is 2.81 bits per heavy atom. The van der Waals surface area contributed by atoms with Crippen LogP contribution in [0.25, 0.3) is 11.4 Å². The van der Waals surface area contributed by atoms with Crippen molar-refractivity contribution in [3.05, 3.63) is 54.1 Å². The van der Waals surface area contributed by atoms with Gasteiger partial charge in [0.05, 0.1) is 11.4 Å². The summed E-state index contributed by atoms with van der Waals surface area (Å²) < 4.78 is 0. The van der Waals surface area contributed by atoms with Crippen LogP contribution in [0.5, 0.6) is 0 Å². The summed E-state index contributed by atoms with van der Waals surface area (Å²) in [5, 5.41) is 0.454. The molecule has 0 unspecified atom stereocenters. The SMILES string of the molecule is C=CCc1c(Cl)ncnc1-c1ccccn1. The van der Waals surface area contributed by atoms with E-state index in [1.165, 1.54) is 6.33 Å². The molecule has 0 aromatic carbocycles. The first-order chi connectivity index (χ1) is 7.83. The van der Waals surface area contributed by atoms with Gasteiger partial charge in [0, 0.05) is 11.8 Å². The maximum Gasteiger partial charge on any atom is 0.136 e. The highest BCUT2D eigenvalue weighted by atomic mass is 35.5. The van der Waals surface area contributed by atoms with Crippen LogP contribution in [0.3, 0.4) is 0 Å². The third kappa shape index (κ3) is 2.09. The van der Waals surface area contributed by atoms with Crippen molar-refractivity contribution in [1.82, 2.24) is 15.0 Å². The molecule has 0 saturated carbocycles. The molecule has 4 heteroatoms. The minimum absolute atomic E-state index is 0.454. The van der Waals surface area contributed by atoms with Crippen LogP contribution in [-0.4, -0.2) is 15.0 Å². The highest BCUT2D eigenvalue weighted by Crippen LogP contribution is 2.24. The molecule has 0 atom stereocenters. The van der Waals surface area contributed by atoms with Gasteiger partial charge in [0.25, 0.3) is 0 Å². The van der Waals surface area contributed by atoms with E-state index < -0.39 is 0 Å². The van der Waals surface area contributed by atoms with Crippen LogP contribution < -0.4 is 0 Å². The summed E-state index contributed by atoms with van der Waals surface area (Å²) in [4.78, 5) is 12.4. The van der Waals surface area contributed by atoms with Crippen molar-refractivity contribution in [2.75, 3.05) is 0 Å². The van der Waals surface area contributed by atoms with Crippen LogP contribution in [0, 0.1) is 0 Å². The second kappa shape index (κ2) is 4.86. The van der Waals surface area contributed by atoms with Crippen molar-refractivity contribution in [2.45, 2.75) is 6.42 Å². The van der Waals surface area contributed by atoms with E-state index >= 15 is 0 Å². The smallest absolute Gasteiger partial charge is 0.136 e. The van der Waals surface area contributed by atoms with Crippen LogP contribution >= 0.6 is 11.6 Å². The maximum atomic E-state index is 6.03. The van der Waals surface area contributed by atoms with Crippen molar-refractivity contribution in [3.8, 4) is 11.4 Å². The summed E-state index contributed by atoms with van der Waals surface area (Å²) in [5.74, 6) is 0. The third-order valence-corrected chi connectivity index (χ3v) is 2.47. The maximum absolute atomic E-state index is 6.03. The number of hydrogen-bond donors (Lipinski definition) is 0. The lowest BCUT2D eigenvalue weighted by Gasteiger charge is -2.06.